The van der Waals surface area contributed by atoms with Crippen molar-refractivity contribution in [2.75, 3.05) is 19.5 Å². The Balaban J connectivity index is 2.75. The second kappa shape index (κ2) is 5.66. The van der Waals surface area contributed by atoms with E-state index >= 15 is 0 Å². The zero-order valence-corrected chi connectivity index (χ0v) is 8.63. The van der Waals surface area contributed by atoms with Crippen LogP contribution in [0.25, 0.3) is 0 Å². The molecule has 1 rings (SSSR count). The Hall–Kier alpha value is -1.01. The van der Waals surface area contributed by atoms with Crippen molar-refractivity contribution in [2.24, 2.45) is 0 Å². The van der Waals surface area contributed by atoms with Crippen LogP contribution in [0.3, 0.4) is 0 Å². The SMILES string of the molecule is COc1c(SCCCO)nc[nH]c1=O. The van der Waals surface area contributed by atoms with E-state index in [-0.39, 0.29) is 17.9 Å². The third-order valence-electron chi connectivity index (χ3n) is 1.52. The standard InChI is InChI=1S/C8H12N2O3S/c1-13-6-7(12)9-5-10-8(6)14-4-2-3-11/h5,11H,2-4H2,1H3,(H,9,10,12). The molecule has 1 heterocycles. The van der Waals surface area contributed by atoms with E-state index in [4.69, 9.17) is 9.84 Å². The second-order valence-electron chi connectivity index (χ2n) is 2.50. The first-order valence-corrected chi connectivity index (χ1v) is 5.13. The normalized spacial score (nSPS) is 10.1. The van der Waals surface area contributed by atoms with Crippen LogP contribution in [0.4, 0.5) is 0 Å². The number of thioether (sulfide) groups is 1. The van der Waals surface area contributed by atoms with Gasteiger partial charge in [-0.05, 0) is 6.42 Å². The molecule has 5 nitrogen and oxygen atoms in total. The molecule has 0 atom stereocenters. The molecule has 1 aromatic rings. The number of aliphatic hydroxyl groups is 1. The Morgan fingerprint density at radius 1 is 1.71 bits per heavy atom. The van der Waals surface area contributed by atoms with Gasteiger partial charge in [0.1, 0.15) is 5.03 Å². The number of nitrogens with zero attached hydrogens (tertiary/aromatic N) is 1. The number of aromatic amines is 1. The lowest BCUT2D eigenvalue weighted by Gasteiger charge is -2.04. The molecular weight excluding hydrogens is 204 g/mol. The van der Waals surface area contributed by atoms with Crippen LogP contribution >= 0.6 is 11.8 Å². The van der Waals surface area contributed by atoms with Crippen molar-refractivity contribution in [3.8, 4) is 5.75 Å². The summed E-state index contributed by atoms with van der Waals surface area (Å²) in [6, 6.07) is 0. The number of ether oxygens (including phenoxy) is 1. The third-order valence-corrected chi connectivity index (χ3v) is 2.58. The van der Waals surface area contributed by atoms with Gasteiger partial charge in [0.25, 0.3) is 5.56 Å². The maximum absolute atomic E-state index is 11.2. The van der Waals surface area contributed by atoms with E-state index in [1.54, 1.807) is 0 Å². The highest BCUT2D eigenvalue weighted by atomic mass is 32.2. The summed E-state index contributed by atoms with van der Waals surface area (Å²) in [4.78, 5) is 17.6. The number of nitrogens with one attached hydrogen (secondary N) is 1. The summed E-state index contributed by atoms with van der Waals surface area (Å²) in [5.74, 6) is 0.944. The molecular formula is C8H12N2O3S. The van der Waals surface area contributed by atoms with Crippen molar-refractivity contribution in [1.82, 2.24) is 9.97 Å². The number of aliphatic hydroxyl groups excluding tert-OH is 1. The molecule has 0 radical (unpaired) electrons. The van der Waals surface area contributed by atoms with Crippen molar-refractivity contribution in [2.45, 2.75) is 11.4 Å². The fourth-order valence-corrected chi connectivity index (χ4v) is 1.79. The van der Waals surface area contributed by atoms with Gasteiger partial charge in [-0.3, -0.25) is 4.79 Å². The Bertz CT molecular complexity index is 340. The van der Waals surface area contributed by atoms with Gasteiger partial charge in [-0.15, -0.1) is 11.8 Å². The molecule has 0 saturated carbocycles. The van der Waals surface area contributed by atoms with Gasteiger partial charge in [0.2, 0.25) is 5.75 Å². The molecule has 0 fully saturated rings. The van der Waals surface area contributed by atoms with Crippen LogP contribution in [0.1, 0.15) is 6.42 Å². The largest absolute Gasteiger partial charge is 0.489 e. The van der Waals surface area contributed by atoms with E-state index in [1.165, 1.54) is 25.2 Å². The minimum absolute atomic E-state index is 0.137. The Morgan fingerprint density at radius 3 is 3.14 bits per heavy atom. The Kier molecular flexibility index (Phi) is 4.48. The van der Waals surface area contributed by atoms with Gasteiger partial charge in [-0.2, -0.15) is 0 Å². The molecule has 78 valence electrons. The molecule has 0 aliphatic heterocycles. The van der Waals surface area contributed by atoms with E-state index in [1.807, 2.05) is 0 Å². The third kappa shape index (κ3) is 2.74. The lowest BCUT2D eigenvalue weighted by atomic mass is 10.5. The molecule has 2 N–H and O–H groups in total. The van der Waals surface area contributed by atoms with Gasteiger partial charge in [0, 0.05) is 12.4 Å². The molecule has 0 unspecified atom stereocenters. The fraction of sp³-hybridized carbons (Fsp3) is 0.500. The van der Waals surface area contributed by atoms with E-state index in [0.29, 0.717) is 17.2 Å². The van der Waals surface area contributed by atoms with Crippen molar-refractivity contribution in [1.29, 1.82) is 0 Å². The molecule has 1 aromatic heterocycles. The summed E-state index contributed by atoms with van der Waals surface area (Å²) >= 11 is 1.39. The summed E-state index contributed by atoms with van der Waals surface area (Å²) in [6.07, 6.45) is 2.01. The average Bonchev–Trinajstić information content (AvgIpc) is 2.18. The minimum Gasteiger partial charge on any atom is -0.489 e. The molecule has 0 amide bonds. The van der Waals surface area contributed by atoms with E-state index in [2.05, 4.69) is 9.97 Å². The molecule has 0 aliphatic carbocycles. The van der Waals surface area contributed by atoms with Crippen molar-refractivity contribution in [3.63, 3.8) is 0 Å². The molecule has 6 heteroatoms. The molecule has 0 aliphatic rings. The van der Waals surface area contributed by atoms with Gasteiger partial charge >= 0.3 is 0 Å². The number of methoxy groups -OCH3 is 1. The Labute approximate surface area is 85.5 Å². The molecule has 0 aromatic carbocycles. The first-order valence-electron chi connectivity index (χ1n) is 4.15. The lowest BCUT2D eigenvalue weighted by molar-refractivity contribution is 0.296. The van der Waals surface area contributed by atoms with Gasteiger partial charge in [-0.1, -0.05) is 0 Å². The van der Waals surface area contributed by atoms with Gasteiger partial charge in [-0.25, -0.2) is 4.98 Å². The highest BCUT2D eigenvalue weighted by Gasteiger charge is 2.08. The highest BCUT2D eigenvalue weighted by molar-refractivity contribution is 7.99. The molecule has 0 spiro atoms. The van der Waals surface area contributed by atoms with Crippen molar-refractivity contribution < 1.29 is 9.84 Å². The average molecular weight is 216 g/mol. The zero-order valence-electron chi connectivity index (χ0n) is 7.82. The molecule has 0 saturated heterocycles. The minimum atomic E-state index is -0.283. The topological polar surface area (TPSA) is 75.2 Å². The fourth-order valence-electron chi connectivity index (χ4n) is 0.887. The second-order valence-corrected chi connectivity index (χ2v) is 3.58. The predicted octanol–water partition coefficient (Wildman–Crippen LogP) is 0.253. The lowest BCUT2D eigenvalue weighted by Crippen LogP contribution is -2.10. The Morgan fingerprint density at radius 2 is 2.50 bits per heavy atom. The van der Waals surface area contributed by atoms with Gasteiger partial charge in [0.15, 0.2) is 0 Å². The van der Waals surface area contributed by atoms with Crippen LogP contribution in [-0.2, 0) is 0 Å². The maximum Gasteiger partial charge on any atom is 0.294 e. The monoisotopic (exact) mass is 216 g/mol. The summed E-state index contributed by atoms with van der Waals surface area (Å²) in [5.41, 5.74) is -0.283. The van der Waals surface area contributed by atoms with Crippen LogP contribution in [0.2, 0.25) is 0 Å². The van der Waals surface area contributed by atoms with Crippen LogP contribution in [-0.4, -0.2) is 34.5 Å². The van der Waals surface area contributed by atoms with Gasteiger partial charge in [0.05, 0.1) is 13.4 Å². The first kappa shape index (κ1) is 11.1. The number of rotatable bonds is 5. The van der Waals surface area contributed by atoms with E-state index in [0.717, 1.165) is 0 Å². The van der Waals surface area contributed by atoms with Crippen LogP contribution in [0.15, 0.2) is 16.1 Å². The van der Waals surface area contributed by atoms with E-state index in [9.17, 15) is 4.79 Å². The summed E-state index contributed by atoms with van der Waals surface area (Å²) in [5, 5.41) is 9.15. The smallest absolute Gasteiger partial charge is 0.294 e. The summed E-state index contributed by atoms with van der Waals surface area (Å²) < 4.78 is 4.92. The summed E-state index contributed by atoms with van der Waals surface area (Å²) in [7, 11) is 1.43. The molecule has 0 bridgehead atoms. The first-order chi connectivity index (χ1) is 6.79. The number of aromatic nitrogens is 2. The highest BCUT2D eigenvalue weighted by Crippen LogP contribution is 2.22. The molecule has 14 heavy (non-hydrogen) atoms. The number of hydrogen-bond donors (Lipinski definition) is 2. The maximum atomic E-state index is 11.2. The van der Waals surface area contributed by atoms with Crippen molar-refractivity contribution in [3.05, 3.63) is 16.7 Å². The summed E-state index contributed by atoms with van der Waals surface area (Å²) in [6.45, 7) is 0.137. The number of H-pyrrole nitrogens is 1. The van der Waals surface area contributed by atoms with E-state index < -0.39 is 0 Å². The van der Waals surface area contributed by atoms with Crippen LogP contribution < -0.4 is 10.3 Å². The van der Waals surface area contributed by atoms with Crippen molar-refractivity contribution >= 4 is 11.8 Å². The van der Waals surface area contributed by atoms with Crippen LogP contribution in [0.5, 0.6) is 5.75 Å². The zero-order chi connectivity index (χ0) is 10.4. The quantitative estimate of drug-likeness (QED) is 0.419. The van der Waals surface area contributed by atoms with Crippen LogP contribution in [0, 0.1) is 0 Å². The van der Waals surface area contributed by atoms with Gasteiger partial charge < -0.3 is 14.8 Å². The predicted molar refractivity (Wildman–Crippen MR) is 53.8 cm³/mol. The number of hydrogen-bond acceptors (Lipinski definition) is 5.